The molecule has 3 saturated carbocycles. The van der Waals surface area contributed by atoms with Gasteiger partial charge in [0, 0.05) is 0 Å². The number of rotatable bonds is 8. The van der Waals surface area contributed by atoms with E-state index in [9.17, 15) is 5.11 Å². The summed E-state index contributed by atoms with van der Waals surface area (Å²) in [6.07, 6.45) is 21.9. The number of fused-ring (bicyclic) bond motifs is 5. The lowest BCUT2D eigenvalue weighted by molar-refractivity contribution is -0.0573. The van der Waals surface area contributed by atoms with Gasteiger partial charge in [0.15, 0.2) is 0 Å². The zero-order valence-electron chi connectivity index (χ0n) is 21.2. The highest BCUT2D eigenvalue weighted by Gasteiger charge is 2.59. The van der Waals surface area contributed by atoms with E-state index in [0.717, 1.165) is 49.0 Å². The van der Waals surface area contributed by atoms with Gasteiger partial charge in [0.25, 0.3) is 0 Å². The molecule has 2 heteroatoms. The molecule has 1 N–H and O–H groups in total. The predicted molar refractivity (Wildman–Crippen MR) is 133 cm³/mol. The molecule has 0 aliphatic heterocycles. The van der Waals surface area contributed by atoms with Gasteiger partial charge >= 0.3 is 0 Å². The highest BCUT2D eigenvalue weighted by molar-refractivity contribution is 5.25. The van der Waals surface area contributed by atoms with Crippen LogP contribution in [-0.4, -0.2) is 24.4 Å². The first-order valence-corrected chi connectivity index (χ1v) is 13.7. The lowest BCUT2D eigenvalue weighted by Crippen LogP contribution is -2.50. The van der Waals surface area contributed by atoms with Gasteiger partial charge in [-0.25, -0.2) is 0 Å². The Morgan fingerprint density at radius 3 is 2.72 bits per heavy atom. The second kappa shape index (κ2) is 9.84. The maximum atomic E-state index is 10.2. The van der Waals surface area contributed by atoms with Gasteiger partial charge in [-0.2, -0.15) is 0 Å². The van der Waals surface area contributed by atoms with E-state index in [1.54, 1.807) is 5.57 Å². The standard InChI is InChI=1S/C30H48O2/c1-6-18-32-20-21(2)8-7-9-22(3)26-12-13-27-25-11-10-23-19-24(31)14-16-29(23,4)28(25)15-17-30(26,27)5/h1,10,21-22,24-28,31H,7-9,11-20H2,2-5H3/t21?,22-,24+,25+,26-,27+,28+,29+,30-/m1/s1. The van der Waals surface area contributed by atoms with Crippen molar-refractivity contribution in [2.24, 2.45) is 46.3 Å². The molecule has 0 radical (unpaired) electrons. The first kappa shape index (κ1) is 24.3. The van der Waals surface area contributed by atoms with Crippen molar-refractivity contribution in [2.75, 3.05) is 13.2 Å². The van der Waals surface area contributed by atoms with E-state index in [2.05, 4.69) is 39.7 Å². The molecular weight excluding hydrogens is 392 g/mol. The Morgan fingerprint density at radius 2 is 1.94 bits per heavy atom. The zero-order chi connectivity index (χ0) is 22.9. The fourth-order valence-electron chi connectivity index (χ4n) is 9.01. The number of allylic oxidation sites excluding steroid dienone is 1. The zero-order valence-corrected chi connectivity index (χ0v) is 21.2. The highest BCUT2D eigenvalue weighted by atomic mass is 16.5. The number of aliphatic hydroxyl groups is 1. The number of ether oxygens (including phenoxy) is 1. The maximum absolute atomic E-state index is 10.2. The molecule has 0 saturated heterocycles. The van der Waals surface area contributed by atoms with Crippen LogP contribution in [0.1, 0.15) is 98.3 Å². The minimum atomic E-state index is -0.0944. The van der Waals surface area contributed by atoms with E-state index in [0.29, 0.717) is 23.4 Å². The second-order valence-electron chi connectivity index (χ2n) is 12.6. The van der Waals surface area contributed by atoms with E-state index in [4.69, 9.17) is 11.2 Å². The third-order valence-corrected chi connectivity index (χ3v) is 10.8. The Kier molecular flexibility index (Phi) is 7.48. The van der Waals surface area contributed by atoms with Crippen LogP contribution in [0.4, 0.5) is 0 Å². The Balaban J connectivity index is 1.36. The van der Waals surface area contributed by atoms with Crippen molar-refractivity contribution in [3.05, 3.63) is 11.6 Å². The molecule has 0 spiro atoms. The van der Waals surface area contributed by atoms with E-state index in [1.165, 1.54) is 57.8 Å². The van der Waals surface area contributed by atoms with Gasteiger partial charge in [0.1, 0.15) is 6.61 Å². The molecule has 0 aromatic heterocycles. The second-order valence-corrected chi connectivity index (χ2v) is 12.6. The molecule has 4 aliphatic rings. The first-order chi connectivity index (χ1) is 15.3. The molecule has 0 bridgehead atoms. The van der Waals surface area contributed by atoms with Crippen molar-refractivity contribution in [3.8, 4) is 12.3 Å². The molecule has 1 unspecified atom stereocenters. The third kappa shape index (κ3) is 4.46. The summed E-state index contributed by atoms with van der Waals surface area (Å²) in [7, 11) is 0. The van der Waals surface area contributed by atoms with Gasteiger partial charge in [-0.3, -0.25) is 0 Å². The highest BCUT2D eigenvalue weighted by Crippen LogP contribution is 2.67. The summed E-state index contributed by atoms with van der Waals surface area (Å²) < 4.78 is 5.54. The van der Waals surface area contributed by atoms with Crippen LogP contribution in [0.25, 0.3) is 0 Å². The van der Waals surface area contributed by atoms with Crippen molar-refractivity contribution < 1.29 is 9.84 Å². The van der Waals surface area contributed by atoms with Crippen LogP contribution < -0.4 is 0 Å². The summed E-state index contributed by atoms with van der Waals surface area (Å²) in [6, 6.07) is 0. The van der Waals surface area contributed by atoms with E-state index in [-0.39, 0.29) is 6.10 Å². The van der Waals surface area contributed by atoms with E-state index >= 15 is 0 Å². The van der Waals surface area contributed by atoms with Crippen LogP contribution in [0, 0.1) is 58.7 Å². The molecule has 9 atom stereocenters. The van der Waals surface area contributed by atoms with Gasteiger partial charge in [-0.1, -0.05) is 58.1 Å². The fourth-order valence-corrected chi connectivity index (χ4v) is 9.01. The van der Waals surface area contributed by atoms with Crippen LogP contribution in [0.5, 0.6) is 0 Å². The van der Waals surface area contributed by atoms with Crippen LogP contribution >= 0.6 is 0 Å². The topological polar surface area (TPSA) is 29.5 Å². The van der Waals surface area contributed by atoms with Gasteiger partial charge in [-0.15, -0.1) is 6.42 Å². The van der Waals surface area contributed by atoms with Gasteiger partial charge in [-0.05, 0) is 104 Å². The summed E-state index contributed by atoms with van der Waals surface area (Å²) in [4.78, 5) is 0. The number of hydrogen-bond acceptors (Lipinski definition) is 2. The van der Waals surface area contributed by atoms with Gasteiger partial charge < -0.3 is 9.84 Å². The van der Waals surface area contributed by atoms with Crippen LogP contribution in [0.3, 0.4) is 0 Å². The summed E-state index contributed by atoms with van der Waals surface area (Å²) in [5.74, 6) is 7.54. The van der Waals surface area contributed by atoms with Gasteiger partial charge in [0.05, 0.1) is 12.7 Å². The molecule has 3 fully saturated rings. The van der Waals surface area contributed by atoms with E-state index in [1.807, 2.05) is 0 Å². The molecule has 0 aromatic rings. The number of hydrogen-bond donors (Lipinski definition) is 1. The van der Waals surface area contributed by atoms with Crippen LogP contribution in [0.2, 0.25) is 0 Å². The molecule has 0 heterocycles. The summed E-state index contributed by atoms with van der Waals surface area (Å²) in [6.45, 7) is 11.3. The number of aliphatic hydroxyl groups excluding tert-OH is 1. The largest absolute Gasteiger partial charge is 0.393 e. The molecule has 32 heavy (non-hydrogen) atoms. The summed E-state index contributed by atoms with van der Waals surface area (Å²) in [5.41, 5.74) is 2.51. The fraction of sp³-hybridized carbons (Fsp3) is 0.867. The number of terminal acetylenes is 1. The van der Waals surface area contributed by atoms with Gasteiger partial charge in [0.2, 0.25) is 0 Å². The van der Waals surface area contributed by atoms with Crippen molar-refractivity contribution in [1.82, 2.24) is 0 Å². The van der Waals surface area contributed by atoms with Crippen LogP contribution in [0.15, 0.2) is 11.6 Å². The van der Waals surface area contributed by atoms with E-state index < -0.39 is 0 Å². The Morgan fingerprint density at radius 1 is 1.12 bits per heavy atom. The molecule has 2 nitrogen and oxygen atoms in total. The third-order valence-electron chi connectivity index (χ3n) is 10.8. The minimum Gasteiger partial charge on any atom is -0.393 e. The van der Waals surface area contributed by atoms with Crippen molar-refractivity contribution in [1.29, 1.82) is 0 Å². The molecule has 0 aromatic carbocycles. The first-order valence-electron chi connectivity index (χ1n) is 13.7. The molecule has 180 valence electrons. The molecule has 4 aliphatic carbocycles. The SMILES string of the molecule is C#CCOCC(C)CCC[C@@H](C)[C@H]1CC[C@H]2[C@@H]3CC=C4C[C@@H](O)CC[C@]4(C)[C@H]3CC[C@]12C. The lowest BCUT2D eigenvalue weighted by atomic mass is 9.47. The smallest absolute Gasteiger partial charge is 0.107 e. The van der Waals surface area contributed by atoms with Crippen molar-refractivity contribution in [2.45, 2.75) is 104 Å². The molecular formula is C30H48O2. The Bertz CT molecular complexity index is 719. The Hall–Kier alpha value is -0.780. The average molecular weight is 441 g/mol. The minimum absolute atomic E-state index is 0.0944. The average Bonchev–Trinajstić information content (AvgIpc) is 3.11. The monoisotopic (exact) mass is 440 g/mol. The molecule has 4 rings (SSSR count). The normalized spacial score (nSPS) is 42.8. The van der Waals surface area contributed by atoms with Crippen LogP contribution in [-0.2, 0) is 4.74 Å². The summed E-state index contributed by atoms with van der Waals surface area (Å²) >= 11 is 0. The van der Waals surface area contributed by atoms with Crippen molar-refractivity contribution >= 4 is 0 Å². The predicted octanol–water partition coefficient (Wildman–Crippen LogP) is 7.02. The summed E-state index contributed by atoms with van der Waals surface area (Å²) in [5, 5.41) is 10.2. The maximum Gasteiger partial charge on any atom is 0.107 e. The lowest BCUT2D eigenvalue weighted by Gasteiger charge is -2.58. The Labute approximate surface area is 198 Å². The van der Waals surface area contributed by atoms with Crippen molar-refractivity contribution in [3.63, 3.8) is 0 Å². The quantitative estimate of drug-likeness (QED) is 0.250. The molecule has 0 amide bonds.